The Balaban J connectivity index is 1.61. The normalized spacial score (nSPS) is 14.8. The lowest BCUT2D eigenvalue weighted by Crippen LogP contribution is -2.29. The lowest BCUT2D eigenvalue weighted by molar-refractivity contribution is -0.139. The Bertz CT molecular complexity index is 1240. The molecule has 4 rings (SSSR count). The Morgan fingerprint density at radius 1 is 1.08 bits per heavy atom. The van der Waals surface area contributed by atoms with E-state index in [1.165, 1.54) is 17.8 Å². The summed E-state index contributed by atoms with van der Waals surface area (Å²) in [5.74, 6) is 1.04. The van der Waals surface area contributed by atoms with Gasteiger partial charge in [-0.05, 0) is 49.1 Å². The van der Waals surface area contributed by atoms with Crippen LogP contribution in [0.2, 0.25) is 0 Å². The molecule has 0 saturated heterocycles. The average molecular weight is 525 g/mol. The number of thioether (sulfide) groups is 1. The Kier molecular flexibility index (Phi) is 9.22. The second-order valence-corrected chi connectivity index (χ2v) is 9.81. The second-order valence-electron chi connectivity index (χ2n) is 8.87. The molecule has 9 heteroatoms. The van der Waals surface area contributed by atoms with Crippen molar-refractivity contribution in [1.82, 2.24) is 14.8 Å². The molecule has 1 aliphatic rings. The van der Waals surface area contributed by atoms with Gasteiger partial charge in [0, 0.05) is 11.4 Å². The maximum absolute atomic E-state index is 14.1. The number of carbonyl (C=O) groups excluding carboxylic acids is 1. The number of halogens is 1. The molecule has 3 aromatic rings. The number of allylic oxidation sites excluding steroid dienone is 1. The van der Waals surface area contributed by atoms with E-state index < -0.39 is 12.0 Å². The van der Waals surface area contributed by atoms with Gasteiger partial charge in [0.05, 0.1) is 18.8 Å². The number of nitrogens with one attached hydrogen (secondary N) is 1. The van der Waals surface area contributed by atoms with Crippen molar-refractivity contribution in [1.29, 1.82) is 0 Å². The number of rotatable bonds is 12. The van der Waals surface area contributed by atoms with Gasteiger partial charge in [-0.1, -0.05) is 68.8 Å². The highest BCUT2D eigenvalue weighted by Crippen LogP contribution is 2.37. The molecule has 1 unspecified atom stereocenters. The van der Waals surface area contributed by atoms with Gasteiger partial charge in [0.25, 0.3) is 0 Å². The van der Waals surface area contributed by atoms with Gasteiger partial charge in [-0.15, -0.1) is 5.10 Å². The Labute approximate surface area is 221 Å². The molecule has 7 nitrogen and oxygen atoms in total. The Morgan fingerprint density at radius 2 is 1.86 bits per heavy atom. The van der Waals surface area contributed by atoms with Crippen LogP contribution in [0.1, 0.15) is 63.6 Å². The quantitative estimate of drug-likeness (QED) is 0.164. The van der Waals surface area contributed by atoms with Crippen LogP contribution in [0.4, 0.5) is 10.3 Å². The van der Waals surface area contributed by atoms with E-state index in [0.717, 1.165) is 37.0 Å². The first-order valence-corrected chi connectivity index (χ1v) is 13.7. The maximum atomic E-state index is 14.1. The summed E-state index contributed by atoms with van der Waals surface area (Å²) in [6.45, 7) is 6.96. The molecule has 0 amide bonds. The van der Waals surface area contributed by atoms with Crippen molar-refractivity contribution in [3.8, 4) is 5.75 Å². The molecule has 0 radical (unpaired) electrons. The van der Waals surface area contributed by atoms with E-state index in [-0.39, 0.29) is 5.82 Å². The minimum absolute atomic E-state index is 0.259. The fourth-order valence-corrected chi connectivity index (χ4v) is 4.90. The molecular weight excluding hydrogens is 491 g/mol. The topological polar surface area (TPSA) is 78.3 Å². The number of carbonyl (C=O) groups is 1. The summed E-state index contributed by atoms with van der Waals surface area (Å²) in [5, 5.41) is 8.40. The summed E-state index contributed by atoms with van der Waals surface area (Å²) in [6, 6.07) is 13.9. The van der Waals surface area contributed by atoms with E-state index in [1.54, 1.807) is 22.9 Å². The first-order valence-electron chi connectivity index (χ1n) is 12.7. The van der Waals surface area contributed by atoms with E-state index in [4.69, 9.17) is 14.6 Å². The van der Waals surface area contributed by atoms with Gasteiger partial charge >= 0.3 is 5.97 Å². The number of hydrogen-bond acceptors (Lipinski definition) is 7. The van der Waals surface area contributed by atoms with Crippen molar-refractivity contribution >= 4 is 23.7 Å². The monoisotopic (exact) mass is 524 g/mol. The first-order chi connectivity index (χ1) is 18.0. The van der Waals surface area contributed by atoms with Crippen molar-refractivity contribution in [3.05, 3.63) is 76.7 Å². The molecular formula is C28H33FN4O3S. The van der Waals surface area contributed by atoms with Gasteiger partial charge in [0.15, 0.2) is 0 Å². The van der Waals surface area contributed by atoms with E-state index in [1.807, 2.05) is 38.1 Å². The minimum atomic E-state index is -0.523. The molecule has 1 N–H and O–H groups in total. The van der Waals surface area contributed by atoms with Crippen molar-refractivity contribution in [2.75, 3.05) is 18.5 Å². The molecule has 0 spiro atoms. The third-order valence-electron chi connectivity index (χ3n) is 6.02. The van der Waals surface area contributed by atoms with E-state index in [2.05, 4.69) is 17.2 Å². The highest BCUT2D eigenvalue weighted by molar-refractivity contribution is 7.98. The van der Waals surface area contributed by atoms with Gasteiger partial charge in [-0.2, -0.15) is 4.98 Å². The van der Waals surface area contributed by atoms with Crippen LogP contribution in [0.15, 0.2) is 65.0 Å². The van der Waals surface area contributed by atoms with Crippen LogP contribution in [0.25, 0.3) is 0 Å². The highest BCUT2D eigenvalue weighted by atomic mass is 32.2. The molecule has 0 saturated carbocycles. The van der Waals surface area contributed by atoms with E-state index in [0.29, 0.717) is 46.9 Å². The zero-order valence-corrected chi connectivity index (χ0v) is 22.3. The molecule has 1 aromatic heterocycles. The number of benzene rings is 2. The Hall–Kier alpha value is -3.33. The van der Waals surface area contributed by atoms with Crippen LogP contribution >= 0.6 is 11.8 Å². The number of nitrogens with zero attached hydrogens (tertiary/aromatic N) is 3. The molecule has 2 aromatic carbocycles. The van der Waals surface area contributed by atoms with Crippen molar-refractivity contribution in [3.63, 3.8) is 0 Å². The zero-order valence-electron chi connectivity index (χ0n) is 21.5. The number of unbranched alkanes of at least 4 members (excludes halogenated alkanes) is 2. The number of hydrogen-bond donors (Lipinski definition) is 1. The maximum Gasteiger partial charge on any atom is 0.338 e. The smallest absolute Gasteiger partial charge is 0.338 e. The zero-order chi connectivity index (χ0) is 26.2. The molecule has 0 aliphatic carbocycles. The fraction of sp³-hybridized carbons (Fsp3) is 0.393. The van der Waals surface area contributed by atoms with Crippen molar-refractivity contribution in [2.24, 2.45) is 0 Å². The van der Waals surface area contributed by atoms with Crippen molar-refractivity contribution < 1.29 is 18.7 Å². The molecule has 37 heavy (non-hydrogen) atoms. The van der Waals surface area contributed by atoms with Crippen LogP contribution in [-0.2, 0) is 15.3 Å². The van der Waals surface area contributed by atoms with Crippen LogP contribution in [-0.4, -0.2) is 33.9 Å². The molecule has 1 atom stereocenters. The lowest BCUT2D eigenvalue weighted by Gasteiger charge is -2.28. The third kappa shape index (κ3) is 6.52. The van der Waals surface area contributed by atoms with Gasteiger partial charge in [-0.25, -0.2) is 13.9 Å². The Morgan fingerprint density at radius 3 is 2.59 bits per heavy atom. The van der Waals surface area contributed by atoms with Gasteiger partial charge < -0.3 is 14.8 Å². The summed E-state index contributed by atoms with van der Waals surface area (Å²) in [4.78, 5) is 17.8. The first kappa shape index (κ1) is 26.7. The number of esters is 1. The summed E-state index contributed by atoms with van der Waals surface area (Å²) in [6.07, 6.45) is 4.01. The number of anilines is 1. The molecule has 1 aliphatic heterocycles. The largest absolute Gasteiger partial charge is 0.494 e. The summed E-state index contributed by atoms with van der Waals surface area (Å²) in [5.41, 5.74) is 2.59. The average Bonchev–Trinajstić information content (AvgIpc) is 3.31. The van der Waals surface area contributed by atoms with Crippen molar-refractivity contribution in [2.45, 2.75) is 63.4 Å². The molecule has 2 heterocycles. The number of ether oxygens (including phenoxy) is 2. The van der Waals surface area contributed by atoms with Gasteiger partial charge in [0.2, 0.25) is 11.1 Å². The summed E-state index contributed by atoms with van der Waals surface area (Å²) < 4.78 is 27.2. The SMILES string of the molecule is CCCCCOc1ccc(C2C(C(=O)OCCC)=C(C)Nc3nc(SCc4ccccc4F)nn32)cc1. The van der Waals surface area contributed by atoms with Crippen LogP contribution in [0.5, 0.6) is 5.75 Å². The summed E-state index contributed by atoms with van der Waals surface area (Å²) in [7, 11) is 0. The van der Waals surface area contributed by atoms with E-state index in [9.17, 15) is 9.18 Å². The number of aromatic nitrogens is 3. The van der Waals surface area contributed by atoms with Crippen LogP contribution in [0.3, 0.4) is 0 Å². The number of fused-ring (bicyclic) bond motifs is 1. The predicted molar refractivity (Wildman–Crippen MR) is 143 cm³/mol. The highest BCUT2D eigenvalue weighted by Gasteiger charge is 2.35. The van der Waals surface area contributed by atoms with E-state index >= 15 is 0 Å². The standard InChI is InChI=1S/C28H33FN4O3S/c1-4-6-9-17-35-22-14-12-20(13-15-22)25-24(26(34)36-16-5-2)19(3)30-27-31-28(32-33(25)27)37-18-21-10-7-8-11-23(21)29/h7-8,10-15,25H,4-6,9,16-18H2,1-3H3,(H,30,31,32). The van der Waals surface area contributed by atoms with Gasteiger partial charge in [-0.3, -0.25) is 0 Å². The second kappa shape index (κ2) is 12.8. The molecule has 0 fully saturated rings. The third-order valence-corrected chi connectivity index (χ3v) is 6.90. The molecule has 0 bridgehead atoms. The minimum Gasteiger partial charge on any atom is -0.494 e. The molecule has 196 valence electrons. The predicted octanol–water partition coefficient (Wildman–Crippen LogP) is 6.52. The summed E-state index contributed by atoms with van der Waals surface area (Å²) >= 11 is 1.34. The fourth-order valence-electron chi connectivity index (χ4n) is 4.08. The van der Waals surface area contributed by atoms with Gasteiger partial charge in [0.1, 0.15) is 17.6 Å². The van der Waals surface area contributed by atoms with Crippen LogP contribution in [0, 0.1) is 5.82 Å². The van der Waals surface area contributed by atoms with Crippen LogP contribution < -0.4 is 10.1 Å². The lowest BCUT2D eigenvalue weighted by atomic mass is 9.96.